The molecule has 1 nitrogen and oxygen atoms in total. The highest BCUT2D eigenvalue weighted by atomic mass is 19.4. The maximum Gasteiger partial charge on any atom is 0.416 e. The number of benzene rings is 2. The van der Waals surface area contributed by atoms with Gasteiger partial charge in [0.05, 0.1) is 5.56 Å². The summed E-state index contributed by atoms with van der Waals surface area (Å²) in [6, 6.07) is 14.3. The van der Waals surface area contributed by atoms with E-state index in [9.17, 15) is 18.0 Å². The largest absolute Gasteiger partial charge is 0.416 e. The van der Waals surface area contributed by atoms with Crippen molar-refractivity contribution in [1.29, 1.82) is 0 Å². The molecule has 0 spiro atoms. The van der Waals surface area contributed by atoms with Gasteiger partial charge in [-0.2, -0.15) is 13.2 Å². The van der Waals surface area contributed by atoms with Gasteiger partial charge in [-0.3, -0.25) is 4.79 Å². The Morgan fingerprint density at radius 1 is 1.00 bits per heavy atom. The van der Waals surface area contributed by atoms with Gasteiger partial charge in [0, 0.05) is 11.5 Å². The first-order valence-electron chi connectivity index (χ1n) is 6.73. The van der Waals surface area contributed by atoms with E-state index in [-0.39, 0.29) is 23.2 Å². The molecule has 1 aliphatic carbocycles. The highest BCUT2D eigenvalue weighted by Crippen LogP contribution is 2.49. The summed E-state index contributed by atoms with van der Waals surface area (Å²) >= 11 is 0. The van der Waals surface area contributed by atoms with E-state index in [4.69, 9.17) is 0 Å². The molecule has 3 rings (SSSR count). The molecule has 0 aliphatic heterocycles. The Morgan fingerprint density at radius 2 is 1.71 bits per heavy atom. The lowest BCUT2D eigenvalue weighted by molar-refractivity contribution is -0.137. The zero-order valence-electron chi connectivity index (χ0n) is 11.1. The minimum absolute atomic E-state index is 0.133. The molecule has 2 unspecified atom stereocenters. The Balaban J connectivity index is 1.79. The zero-order valence-corrected chi connectivity index (χ0v) is 11.1. The van der Waals surface area contributed by atoms with Crippen molar-refractivity contribution in [2.24, 2.45) is 5.92 Å². The minimum Gasteiger partial charge on any atom is -0.294 e. The Bertz CT molecular complexity index is 661. The van der Waals surface area contributed by atoms with Gasteiger partial charge in [0.1, 0.15) is 0 Å². The van der Waals surface area contributed by atoms with Crippen molar-refractivity contribution in [2.45, 2.75) is 18.5 Å². The molecule has 2 atom stereocenters. The van der Waals surface area contributed by atoms with Crippen LogP contribution in [0.1, 0.15) is 33.8 Å². The summed E-state index contributed by atoms with van der Waals surface area (Å²) in [6.07, 6.45) is -3.71. The smallest absolute Gasteiger partial charge is 0.294 e. The van der Waals surface area contributed by atoms with Crippen molar-refractivity contribution in [3.8, 4) is 0 Å². The SMILES string of the molecule is O=C(c1cccc(C(F)(F)F)c1)C1CC1c1ccccc1. The lowest BCUT2D eigenvalue weighted by atomic mass is 10.0. The Morgan fingerprint density at radius 3 is 2.38 bits per heavy atom. The van der Waals surface area contributed by atoms with Crippen LogP contribution in [0.3, 0.4) is 0 Å². The average molecular weight is 290 g/mol. The van der Waals surface area contributed by atoms with Crippen molar-refractivity contribution in [3.63, 3.8) is 0 Å². The fourth-order valence-corrected chi connectivity index (χ4v) is 2.62. The Labute approximate surface area is 120 Å². The molecule has 0 aromatic heterocycles. The van der Waals surface area contributed by atoms with Gasteiger partial charge in [0.25, 0.3) is 0 Å². The van der Waals surface area contributed by atoms with Crippen LogP contribution in [0.15, 0.2) is 54.6 Å². The molecule has 2 aromatic rings. The number of halogens is 3. The summed E-state index contributed by atoms with van der Waals surface area (Å²) in [4.78, 5) is 12.3. The first kappa shape index (κ1) is 13.9. The number of rotatable bonds is 3. The van der Waals surface area contributed by atoms with Crippen molar-refractivity contribution in [3.05, 3.63) is 71.3 Å². The molecular formula is C17H13F3O. The van der Waals surface area contributed by atoms with E-state index < -0.39 is 11.7 Å². The van der Waals surface area contributed by atoms with Crippen molar-refractivity contribution < 1.29 is 18.0 Å². The van der Waals surface area contributed by atoms with Crippen LogP contribution in [0.25, 0.3) is 0 Å². The van der Waals surface area contributed by atoms with Gasteiger partial charge in [0.2, 0.25) is 0 Å². The molecular weight excluding hydrogens is 277 g/mol. The van der Waals surface area contributed by atoms with E-state index in [0.717, 1.165) is 17.7 Å². The quantitative estimate of drug-likeness (QED) is 0.749. The van der Waals surface area contributed by atoms with Crippen LogP contribution in [0.5, 0.6) is 0 Å². The van der Waals surface area contributed by atoms with Crippen LogP contribution in [-0.4, -0.2) is 5.78 Å². The maximum absolute atomic E-state index is 12.7. The molecule has 21 heavy (non-hydrogen) atoms. The van der Waals surface area contributed by atoms with Crippen LogP contribution in [-0.2, 0) is 6.18 Å². The summed E-state index contributed by atoms with van der Waals surface area (Å²) in [7, 11) is 0. The highest BCUT2D eigenvalue weighted by Gasteiger charge is 2.44. The number of ketones is 1. The summed E-state index contributed by atoms with van der Waals surface area (Å²) < 4.78 is 38.0. The van der Waals surface area contributed by atoms with E-state index in [1.165, 1.54) is 12.1 Å². The van der Waals surface area contributed by atoms with E-state index in [1.807, 2.05) is 30.3 Å². The predicted octanol–water partition coefficient (Wildman–Crippen LogP) is 4.69. The molecule has 0 N–H and O–H groups in total. The van der Waals surface area contributed by atoms with Gasteiger partial charge in [-0.25, -0.2) is 0 Å². The summed E-state index contributed by atoms with van der Waals surface area (Å²) in [5, 5.41) is 0. The summed E-state index contributed by atoms with van der Waals surface area (Å²) in [5.74, 6) is -0.265. The second kappa shape index (κ2) is 5.02. The lowest BCUT2D eigenvalue weighted by Gasteiger charge is -2.08. The molecule has 1 saturated carbocycles. The Hall–Kier alpha value is -2.10. The fraction of sp³-hybridized carbons (Fsp3) is 0.235. The van der Waals surface area contributed by atoms with Crippen LogP contribution in [0.2, 0.25) is 0 Å². The predicted molar refractivity (Wildman–Crippen MR) is 73.1 cm³/mol. The van der Waals surface area contributed by atoms with Crippen LogP contribution < -0.4 is 0 Å². The lowest BCUT2D eigenvalue weighted by Crippen LogP contribution is -2.09. The third-order valence-electron chi connectivity index (χ3n) is 3.83. The Kier molecular flexibility index (Phi) is 3.32. The first-order chi connectivity index (χ1) is 9.97. The number of alkyl halides is 3. The van der Waals surface area contributed by atoms with Gasteiger partial charge < -0.3 is 0 Å². The molecule has 0 amide bonds. The zero-order chi connectivity index (χ0) is 15.0. The van der Waals surface area contributed by atoms with E-state index in [2.05, 4.69) is 0 Å². The topological polar surface area (TPSA) is 17.1 Å². The summed E-state index contributed by atoms with van der Waals surface area (Å²) in [5.41, 5.74) is 0.446. The van der Waals surface area contributed by atoms with Crippen LogP contribution in [0.4, 0.5) is 13.2 Å². The molecule has 108 valence electrons. The van der Waals surface area contributed by atoms with Gasteiger partial charge >= 0.3 is 6.18 Å². The van der Waals surface area contributed by atoms with Gasteiger partial charge in [-0.1, -0.05) is 42.5 Å². The monoisotopic (exact) mass is 290 g/mol. The molecule has 1 aliphatic rings. The van der Waals surface area contributed by atoms with Crippen LogP contribution >= 0.6 is 0 Å². The van der Waals surface area contributed by atoms with Gasteiger partial charge in [0.15, 0.2) is 5.78 Å². The third kappa shape index (κ3) is 2.84. The molecule has 0 bridgehead atoms. The second-order valence-electron chi connectivity index (χ2n) is 5.30. The minimum atomic E-state index is -4.42. The normalized spacial score (nSPS) is 21.1. The fourth-order valence-electron chi connectivity index (χ4n) is 2.62. The number of hydrogen-bond acceptors (Lipinski definition) is 1. The molecule has 4 heteroatoms. The second-order valence-corrected chi connectivity index (χ2v) is 5.30. The van der Waals surface area contributed by atoms with Gasteiger partial charge in [-0.15, -0.1) is 0 Å². The summed E-state index contributed by atoms with van der Waals surface area (Å²) in [6.45, 7) is 0. The molecule has 1 fully saturated rings. The number of hydrogen-bond donors (Lipinski definition) is 0. The van der Waals surface area contributed by atoms with Crippen molar-refractivity contribution in [1.82, 2.24) is 0 Å². The molecule has 0 heterocycles. The third-order valence-corrected chi connectivity index (χ3v) is 3.83. The average Bonchev–Trinajstić information content (AvgIpc) is 3.27. The standard InChI is InChI=1S/C17H13F3O/c18-17(19,20)13-8-4-7-12(9-13)16(21)15-10-14(15)11-5-2-1-3-6-11/h1-9,14-15H,10H2. The van der Waals surface area contributed by atoms with Crippen LogP contribution in [0, 0.1) is 5.92 Å². The number of carbonyl (C=O) groups excluding carboxylic acids is 1. The number of carbonyl (C=O) groups is 1. The molecule has 0 radical (unpaired) electrons. The van der Waals surface area contributed by atoms with E-state index in [0.29, 0.717) is 6.42 Å². The first-order valence-corrected chi connectivity index (χ1v) is 6.73. The van der Waals surface area contributed by atoms with Gasteiger partial charge in [-0.05, 0) is 30.0 Å². The highest BCUT2D eigenvalue weighted by molar-refractivity contribution is 6.00. The number of Topliss-reactive ketones (excluding diaryl/α,β-unsaturated/α-hetero) is 1. The maximum atomic E-state index is 12.7. The van der Waals surface area contributed by atoms with E-state index in [1.54, 1.807) is 0 Å². The molecule has 2 aromatic carbocycles. The van der Waals surface area contributed by atoms with E-state index >= 15 is 0 Å². The van der Waals surface area contributed by atoms with Crippen molar-refractivity contribution in [2.75, 3.05) is 0 Å². The molecule has 0 saturated heterocycles. The van der Waals surface area contributed by atoms with Crippen molar-refractivity contribution >= 4 is 5.78 Å².